The van der Waals surface area contributed by atoms with Gasteiger partial charge >= 0.3 is 0 Å². The molecule has 226 valence electrons. The smallest absolute Gasteiger partial charge is 0.264 e. The molecule has 0 unspecified atom stereocenters. The molecule has 42 heavy (non-hydrogen) atoms. The summed E-state index contributed by atoms with van der Waals surface area (Å²) in [6.45, 7) is 6.35. The highest BCUT2D eigenvalue weighted by Crippen LogP contribution is 2.34. The summed E-state index contributed by atoms with van der Waals surface area (Å²) < 4.78 is 39.8. The van der Waals surface area contributed by atoms with E-state index >= 15 is 0 Å². The van der Waals surface area contributed by atoms with Crippen LogP contribution in [0.5, 0.6) is 11.5 Å². The zero-order chi connectivity index (χ0) is 31.2. The van der Waals surface area contributed by atoms with Crippen molar-refractivity contribution < 1.29 is 27.5 Å². The van der Waals surface area contributed by atoms with Crippen molar-refractivity contribution >= 4 is 50.7 Å². The summed E-state index contributed by atoms with van der Waals surface area (Å²) in [5.41, 5.74) is 1.58. The molecule has 0 radical (unpaired) electrons. The molecule has 0 fully saturated rings. The average Bonchev–Trinajstić information content (AvgIpc) is 2.94. The third kappa shape index (κ3) is 7.87. The maximum absolute atomic E-state index is 14.1. The number of ether oxygens (including phenoxy) is 2. The Hall–Kier alpha value is -3.47. The van der Waals surface area contributed by atoms with Gasteiger partial charge in [0.25, 0.3) is 10.0 Å². The number of benzene rings is 3. The highest BCUT2D eigenvalue weighted by molar-refractivity contribution is 7.92. The van der Waals surface area contributed by atoms with Gasteiger partial charge in [0.2, 0.25) is 11.8 Å². The van der Waals surface area contributed by atoms with Crippen molar-refractivity contribution in [1.82, 2.24) is 10.2 Å². The molecule has 3 rings (SSSR count). The summed E-state index contributed by atoms with van der Waals surface area (Å²) >= 11 is 12.5. The Morgan fingerprint density at radius 3 is 2.12 bits per heavy atom. The lowest BCUT2D eigenvalue weighted by molar-refractivity contribution is -0.139. The Labute approximate surface area is 257 Å². The molecule has 1 N–H and O–H groups in total. The van der Waals surface area contributed by atoms with Gasteiger partial charge in [-0.15, -0.1) is 0 Å². The number of amides is 2. The minimum atomic E-state index is -4.25. The van der Waals surface area contributed by atoms with Crippen LogP contribution >= 0.6 is 23.2 Å². The van der Waals surface area contributed by atoms with Crippen LogP contribution in [0, 0.1) is 6.92 Å². The maximum Gasteiger partial charge on any atom is 0.264 e. The zero-order valence-electron chi connectivity index (χ0n) is 24.4. The largest absolute Gasteiger partial charge is 0.493 e. The topological polar surface area (TPSA) is 105 Å². The molecular formula is C30H35Cl2N3O6S. The molecule has 1 atom stereocenters. The maximum atomic E-state index is 14.1. The van der Waals surface area contributed by atoms with E-state index in [1.54, 1.807) is 51.1 Å². The summed E-state index contributed by atoms with van der Waals surface area (Å²) in [5, 5.41) is 3.53. The van der Waals surface area contributed by atoms with Crippen molar-refractivity contribution in [1.29, 1.82) is 0 Å². The Morgan fingerprint density at radius 2 is 1.55 bits per heavy atom. The summed E-state index contributed by atoms with van der Waals surface area (Å²) in [4.78, 5) is 28.4. The van der Waals surface area contributed by atoms with Gasteiger partial charge in [0.05, 0.1) is 24.8 Å². The van der Waals surface area contributed by atoms with Gasteiger partial charge in [-0.1, -0.05) is 47.0 Å². The van der Waals surface area contributed by atoms with E-state index in [4.69, 9.17) is 32.7 Å². The lowest BCUT2D eigenvalue weighted by Gasteiger charge is -2.32. The third-order valence-corrected chi connectivity index (χ3v) is 8.87. The molecule has 9 nitrogen and oxygen atoms in total. The van der Waals surface area contributed by atoms with Crippen LogP contribution in [0.3, 0.4) is 0 Å². The average molecular weight is 637 g/mol. The predicted octanol–water partition coefficient (Wildman–Crippen LogP) is 5.46. The summed E-state index contributed by atoms with van der Waals surface area (Å²) in [7, 11) is -1.36. The quantitative estimate of drug-likeness (QED) is 0.283. The standard InChI is InChI=1S/C30H35Cl2N3O6S/c1-19(2)33-30(37)21(4)34(17-22-9-10-23(31)15-26(22)32)29(36)18-35(24-11-14-27(40-5)28(16-24)41-6)42(38,39)25-12-7-20(3)8-13-25/h7-16,19,21H,17-18H2,1-6H3,(H,33,37)/t21-/m1/s1. The van der Waals surface area contributed by atoms with E-state index in [1.807, 2.05) is 6.92 Å². The number of nitrogens with one attached hydrogen (secondary N) is 1. The van der Waals surface area contributed by atoms with Gasteiger partial charge in [-0.25, -0.2) is 8.42 Å². The molecule has 0 heterocycles. The zero-order valence-corrected chi connectivity index (χ0v) is 26.7. The molecule has 0 aliphatic carbocycles. The molecule has 0 saturated carbocycles. The van der Waals surface area contributed by atoms with Crippen LogP contribution in [-0.2, 0) is 26.2 Å². The van der Waals surface area contributed by atoms with Gasteiger partial charge in [0, 0.05) is 28.7 Å². The van der Waals surface area contributed by atoms with Gasteiger partial charge < -0.3 is 19.7 Å². The Bertz CT molecular complexity index is 1530. The third-order valence-electron chi connectivity index (χ3n) is 6.50. The number of rotatable bonds is 12. The summed E-state index contributed by atoms with van der Waals surface area (Å²) in [6, 6.07) is 14.6. The molecule has 12 heteroatoms. The number of methoxy groups -OCH3 is 2. The molecule has 0 spiro atoms. The first-order valence-corrected chi connectivity index (χ1v) is 15.3. The Kier molecular flexibility index (Phi) is 11.1. The number of carbonyl (C=O) groups excluding carboxylic acids is 2. The Morgan fingerprint density at radius 1 is 0.905 bits per heavy atom. The molecule has 0 aliphatic rings. The second kappa shape index (κ2) is 14.1. The van der Waals surface area contributed by atoms with Crippen molar-refractivity contribution in [3.63, 3.8) is 0 Å². The van der Waals surface area contributed by atoms with Gasteiger partial charge in [0.1, 0.15) is 12.6 Å². The molecule has 2 amide bonds. The number of anilines is 1. The van der Waals surface area contributed by atoms with E-state index in [2.05, 4.69) is 5.32 Å². The number of carbonyl (C=O) groups is 2. The fourth-order valence-corrected chi connectivity index (χ4v) is 6.04. The fraction of sp³-hybridized carbons (Fsp3) is 0.333. The molecule has 3 aromatic carbocycles. The second-order valence-electron chi connectivity index (χ2n) is 9.96. The molecule has 0 saturated heterocycles. The van der Waals surface area contributed by atoms with Crippen molar-refractivity contribution in [3.8, 4) is 11.5 Å². The first-order chi connectivity index (χ1) is 19.8. The van der Waals surface area contributed by atoms with E-state index in [0.717, 1.165) is 9.87 Å². The van der Waals surface area contributed by atoms with Crippen molar-refractivity contribution in [2.75, 3.05) is 25.1 Å². The van der Waals surface area contributed by atoms with Crippen molar-refractivity contribution in [2.24, 2.45) is 0 Å². The number of hydrogen-bond acceptors (Lipinski definition) is 6. The van der Waals surface area contributed by atoms with E-state index in [9.17, 15) is 18.0 Å². The number of hydrogen-bond donors (Lipinski definition) is 1. The molecule has 3 aromatic rings. The lowest BCUT2D eigenvalue weighted by Crippen LogP contribution is -2.52. The number of halogens is 2. The normalized spacial score (nSPS) is 12.0. The van der Waals surface area contributed by atoms with Crippen molar-refractivity contribution in [2.45, 2.75) is 51.2 Å². The minimum absolute atomic E-state index is 0.00594. The molecular weight excluding hydrogens is 601 g/mol. The monoisotopic (exact) mass is 635 g/mol. The number of sulfonamides is 1. The van der Waals surface area contributed by atoms with Crippen LogP contribution in [0.25, 0.3) is 0 Å². The SMILES string of the molecule is COc1ccc(N(CC(=O)N(Cc2ccc(Cl)cc2Cl)[C@H](C)C(=O)NC(C)C)S(=O)(=O)c2ccc(C)cc2)cc1OC. The van der Waals surface area contributed by atoms with E-state index in [0.29, 0.717) is 21.4 Å². The first kappa shape index (κ1) is 33.0. The van der Waals surface area contributed by atoms with E-state index in [1.165, 1.54) is 49.5 Å². The van der Waals surface area contributed by atoms with E-state index < -0.39 is 34.4 Å². The minimum Gasteiger partial charge on any atom is -0.493 e. The lowest BCUT2D eigenvalue weighted by atomic mass is 10.1. The van der Waals surface area contributed by atoms with Crippen LogP contribution in [0.2, 0.25) is 10.0 Å². The van der Waals surface area contributed by atoms with Gasteiger partial charge in [0.15, 0.2) is 11.5 Å². The molecule has 0 aliphatic heterocycles. The number of aryl methyl sites for hydroxylation is 1. The first-order valence-electron chi connectivity index (χ1n) is 13.1. The fourth-order valence-electron chi connectivity index (χ4n) is 4.17. The Balaban J connectivity index is 2.11. The highest BCUT2D eigenvalue weighted by atomic mass is 35.5. The van der Waals surface area contributed by atoms with Crippen LogP contribution in [0.15, 0.2) is 65.6 Å². The number of nitrogens with zero attached hydrogens (tertiary/aromatic N) is 2. The highest BCUT2D eigenvalue weighted by Gasteiger charge is 2.33. The summed E-state index contributed by atoms with van der Waals surface area (Å²) in [6.07, 6.45) is 0. The van der Waals surface area contributed by atoms with Gasteiger partial charge in [-0.2, -0.15) is 0 Å². The predicted molar refractivity (Wildman–Crippen MR) is 165 cm³/mol. The van der Waals surface area contributed by atoms with Crippen LogP contribution < -0.4 is 19.1 Å². The van der Waals surface area contributed by atoms with Gasteiger partial charge in [-0.05, 0) is 69.7 Å². The molecule has 0 aromatic heterocycles. The van der Waals surface area contributed by atoms with Gasteiger partial charge in [-0.3, -0.25) is 13.9 Å². The van der Waals surface area contributed by atoms with Crippen LogP contribution in [0.1, 0.15) is 31.9 Å². The van der Waals surface area contributed by atoms with Crippen LogP contribution in [0.4, 0.5) is 5.69 Å². The molecule has 0 bridgehead atoms. The van der Waals surface area contributed by atoms with E-state index in [-0.39, 0.29) is 28.9 Å². The summed E-state index contributed by atoms with van der Waals surface area (Å²) in [5.74, 6) is -0.361. The van der Waals surface area contributed by atoms with Crippen LogP contribution in [-0.4, -0.2) is 58.0 Å². The van der Waals surface area contributed by atoms with Crippen molar-refractivity contribution in [3.05, 3.63) is 81.8 Å². The second-order valence-corrected chi connectivity index (χ2v) is 12.7.